The molecule has 7 nitrogen and oxygen atoms in total. The molecule has 30 heavy (non-hydrogen) atoms. The van der Waals surface area contributed by atoms with E-state index in [9.17, 15) is 14.4 Å². The summed E-state index contributed by atoms with van der Waals surface area (Å²) in [5, 5.41) is 2.77. The van der Waals surface area contributed by atoms with E-state index in [2.05, 4.69) is 17.4 Å². The summed E-state index contributed by atoms with van der Waals surface area (Å²) in [6, 6.07) is 12.9. The van der Waals surface area contributed by atoms with Gasteiger partial charge in [-0.05, 0) is 36.6 Å². The van der Waals surface area contributed by atoms with Gasteiger partial charge in [0, 0.05) is 12.0 Å². The number of nitrogens with one attached hydrogen (secondary N) is 2. The van der Waals surface area contributed by atoms with Crippen molar-refractivity contribution in [2.75, 3.05) is 33.1 Å². The molecule has 1 aliphatic rings. The van der Waals surface area contributed by atoms with Gasteiger partial charge in [0.05, 0.1) is 38.1 Å². The van der Waals surface area contributed by atoms with Gasteiger partial charge >= 0.3 is 11.9 Å². The van der Waals surface area contributed by atoms with Crippen molar-refractivity contribution in [1.29, 1.82) is 0 Å². The van der Waals surface area contributed by atoms with Gasteiger partial charge in [0.2, 0.25) is 0 Å². The molecule has 1 amide bonds. The fourth-order valence-electron chi connectivity index (χ4n) is 4.02. The standard InChI is InChI=1S/C23H26N2O5/c1-25(20-10-6-8-15-7-4-5-9-17(15)20)14-21(26)24-19-13-16(22(27)29-2)11-12-18(19)23(28)30-3/h4-5,7,9,11-13,20H,6,8,10,14H2,1-3H3,(H,24,26)/p+1/t20-/m1/s1. The van der Waals surface area contributed by atoms with Crippen LogP contribution in [0.5, 0.6) is 0 Å². The summed E-state index contributed by atoms with van der Waals surface area (Å²) in [5.74, 6) is -1.39. The van der Waals surface area contributed by atoms with Gasteiger partial charge in [-0.15, -0.1) is 0 Å². The first-order valence-electron chi connectivity index (χ1n) is 9.95. The van der Waals surface area contributed by atoms with Gasteiger partial charge in [-0.2, -0.15) is 0 Å². The SMILES string of the molecule is COC(=O)c1ccc(C(=O)OC)c(NC(=O)C[NH+](C)[C@@H]2CCCc3ccccc32)c1. The molecular formula is C23H27N2O5+. The van der Waals surface area contributed by atoms with Crippen molar-refractivity contribution in [3.8, 4) is 0 Å². The molecule has 0 aliphatic heterocycles. The van der Waals surface area contributed by atoms with Crippen molar-refractivity contribution >= 4 is 23.5 Å². The Labute approximate surface area is 176 Å². The summed E-state index contributed by atoms with van der Waals surface area (Å²) < 4.78 is 9.52. The van der Waals surface area contributed by atoms with E-state index in [1.54, 1.807) is 0 Å². The molecule has 0 fully saturated rings. The number of anilines is 1. The zero-order valence-corrected chi connectivity index (χ0v) is 17.5. The maximum Gasteiger partial charge on any atom is 0.339 e. The number of esters is 2. The lowest BCUT2D eigenvalue weighted by Gasteiger charge is -2.30. The molecule has 1 unspecified atom stereocenters. The van der Waals surface area contributed by atoms with Gasteiger partial charge in [0.15, 0.2) is 6.54 Å². The smallest absolute Gasteiger partial charge is 0.339 e. The number of carbonyl (C=O) groups is 3. The molecule has 7 heteroatoms. The van der Waals surface area contributed by atoms with E-state index >= 15 is 0 Å². The van der Waals surface area contributed by atoms with E-state index in [1.807, 2.05) is 19.2 Å². The molecule has 0 heterocycles. The number of aryl methyl sites for hydroxylation is 1. The summed E-state index contributed by atoms with van der Waals surface area (Å²) in [7, 11) is 4.54. The van der Waals surface area contributed by atoms with Crippen LogP contribution in [0.15, 0.2) is 42.5 Å². The van der Waals surface area contributed by atoms with E-state index in [-0.39, 0.29) is 35.3 Å². The molecule has 2 atom stereocenters. The van der Waals surface area contributed by atoms with Crippen LogP contribution in [-0.4, -0.2) is 45.7 Å². The number of rotatable bonds is 6. The number of amides is 1. The summed E-state index contributed by atoms with van der Waals surface area (Å²) in [4.78, 5) is 37.8. The first-order chi connectivity index (χ1) is 14.4. The normalized spacial score (nSPS) is 16.2. The number of carbonyl (C=O) groups excluding carboxylic acids is 3. The van der Waals surface area contributed by atoms with Gasteiger partial charge in [0.25, 0.3) is 5.91 Å². The van der Waals surface area contributed by atoms with Gasteiger partial charge in [0.1, 0.15) is 6.04 Å². The van der Waals surface area contributed by atoms with Crippen molar-refractivity contribution in [1.82, 2.24) is 0 Å². The number of benzene rings is 2. The minimum absolute atomic E-state index is 0.180. The molecule has 0 saturated heterocycles. The lowest BCUT2D eigenvalue weighted by Crippen LogP contribution is -3.10. The van der Waals surface area contributed by atoms with Crippen molar-refractivity contribution in [2.45, 2.75) is 25.3 Å². The highest BCUT2D eigenvalue weighted by Crippen LogP contribution is 2.27. The lowest BCUT2D eigenvalue weighted by atomic mass is 9.87. The van der Waals surface area contributed by atoms with Crippen LogP contribution in [-0.2, 0) is 20.7 Å². The predicted molar refractivity (Wildman–Crippen MR) is 112 cm³/mol. The van der Waals surface area contributed by atoms with Gasteiger partial charge in [-0.1, -0.05) is 24.3 Å². The van der Waals surface area contributed by atoms with Crippen LogP contribution < -0.4 is 10.2 Å². The molecule has 0 bridgehead atoms. The predicted octanol–water partition coefficient (Wildman–Crippen LogP) is 1.79. The van der Waals surface area contributed by atoms with Crippen molar-refractivity contribution in [2.24, 2.45) is 0 Å². The largest absolute Gasteiger partial charge is 0.465 e. The Bertz CT molecular complexity index is 956. The Morgan fingerprint density at radius 2 is 1.80 bits per heavy atom. The van der Waals surface area contributed by atoms with Gasteiger partial charge in [-0.3, -0.25) is 4.79 Å². The van der Waals surface area contributed by atoms with Crippen LogP contribution in [0.3, 0.4) is 0 Å². The Hall–Kier alpha value is -3.19. The Morgan fingerprint density at radius 1 is 1.07 bits per heavy atom. The molecule has 0 saturated carbocycles. The fourth-order valence-corrected chi connectivity index (χ4v) is 4.02. The fraction of sp³-hybridized carbons (Fsp3) is 0.348. The number of likely N-dealkylation sites (N-methyl/N-ethyl adjacent to an activating group) is 1. The number of ether oxygens (including phenoxy) is 2. The quantitative estimate of drug-likeness (QED) is 0.708. The monoisotopic (exact) mass is 411 g/mol. The average molecular weight is 411 g/mol. The van der Waals surface area contributed by atoms with E-state index < -0.39 is 11.9 Å². The van der Waals surface area contributed by atoms with E-state index in [4.69, 9.17) is 9.47 Å². The van der Waals surface area contributed by atoms with Crippen LogP contribution in [0.4, 0.5) is 5.69 Å². The third-order valence-electron chi connectivity index (χ3n) is 5.52. The second-order valence-electron chi connectivity index (χ2n) is 7.46. The average Bonchev–Trinajstić information content (AvgIpc) is 2.77. The molecule has 2 aromatic rings. The molecule has 1 aliphatic carbocycles. The molecular weight excluding hydrogens is 384 g/mol. The van der Waals surface area contributed by atoms with E-state index in [0.29, 0.717) is 0 Å². The molecule has 2 aromatic carbocycles. The zero-order chi connectivity index (χ0) is 21.7. The van der Waals surface area contributed by atoms with Crippen LogP contribution in [0, 0.1) is 0 Å². The number of methoxy groups -OCH3 is 2. The molecule has 2 N–H and O–H groups in total. The highest BCUT2D eigenvalue weighted by Gasteiger charge is 2.28. The van der Waals surface area contributed by atoms with E-state index in [1.165, 1.54) is 43.5 Å². The van der Waals surface area contributed by atoms with Crippen LogP contribution >= 0.6 is 0 Å². The highest BCUT2D eigenvalue weighted by molar-refractivity contribution is 6.03. The van der Waals surface area contributed by atoms with Crippen LogP contribution in [0.2, 0.25) is 0 Å². The summed E-state index contributed by atoms with van der Waals surface area (Å²) in [5.41, 5.74) is 3.28. The van der Waals surface area contributed by atoms with Crippen LogP contribution in [0.1, 0.15) is 50.7 Å². The summed E-state index contributed by atoms with van der Waals surface area (Å²) in [6.07, 6.45) is 3.17. The summed E-state index contributed by atoms with van der Waals surface area (Å²) >= 11 is 0. The van der Waals surface area contributed by atoms with Gasteiger partial charge < -0.3 is 19.7 Å². The maximum atomic E-state index is 12.8. The topological polar surface area (TPSA) is 86.1 Å². The number of quaternary nitrogens is 1. The third-order valence-corrected chi connectivity index (χ3v) is 5.52. The Balaban J connectivity index is 1.77. The molecule has 0 radical (unpaired) electrons. The second-order valence-corrected chi connectivity index (χ2v) is 7.46. The molecule has 0 aromatic heterocycles. The van der Waals surface area contributed by atoms with E-state index in [0.717, 1.165) is 24.2 Å². The van der Waals surface area contributed by atoms with Crippen molar-refractivity contribution in [3.63, 3.8) is 0 Å². The van der Waals surface area contributed by atoms with Gasteiger partial charge in [-0.25, -0.2) is 9.59 Å². The number of hydrogen-bond acceptors (Lipinski definition) is 5. The maximum absolute atomic E-state index is 12.8. The number of fused-ring (bicyclic) bond motifs is 1. The zero-order valence-electron chi connectivity index (χ0n) is 17.5. The minimum Gasteiger partial charge on any atom is -0.465 e. The van der Waals surface area contributed by atoms with Crippen LogP contribution in [0.25, 0.3) is 0 Å². The first-order valence-corrected chi connectivity index (χ1v) is 9.95. The highest BCUT2D eigenvalue weighted by atomic mass is 16.5. The molecule has 3 rings (SSSR count). The van der Waals surface area contributed by atoms with Crippen molar-refractivity contribution in [3.05, 3.63) is 64.7 Å². The summed E-state index contributed by atoms with van der Waals surface area (Å²) in [6.45, 7) is 0.224. The Morgan fingerprint density at radius 3 is 2.53 bits per heavy atom. The second kappa shape index (κ2) is 9.54. The Kier molecular flexibility index (Phi) is 6.84. The first kappa shape index (κ1) is 21.5. The third kappa shape index (κ3) is 4.68. The number of hydrogen-bond donors (Lipinski definition) is 2. The lowest BCUT2D eigenvalue weighted by molar-refractivity contribution is -0.905. The van der Waals surface area contributed by atoms with Crippen molar-refractivity contribution < 1.29 is 28.8 Å². The minimum atomic E-state index is -0.594. The molecule has 158 valence electrons. The molecule has 0 spiro atoms.